The van der Waals surface area contributed by atoms with Gasteiger partial charge in [0.15, 0.2) is 0 Å². The van der Waals surface area contributed by atoms with E-state index in [9.17, 15) is 59.0 Å². The predicted molar refractivity (Wildman–Crippen MR) is 475 cm³/mol. The minimum absolute atomic E-state index is 0.00600. The summed E-state index contributed by atoms with van der Waals surface area (Å²) >= 11 is 0. The number of anilines is 6. The number of hydrogen-bond acceptors (Lipinski definition) is 18. The monoisotopic (exact) mass is 1780 g/mol. The topological polar surface area (TPSA) is 200 Å². The van der Waals surface area contributed by atoms with Crippen molar-refractivity contribution in [3.8, 4) is 33.4 Å². The molecule has 1 unspecified atom stereocenters. The molecule has 6 aromatic carbocycles. The molecule has 0 spiro atoms. The molecular formula is C95H109F12N15O6. The van der Waals surface area contributed by atoms with Crippen molar-refractivity contribution in [1.29, 1.82) is 0 Å². The van der Waals surface area contributed by atoms with Gasteiger partial charge in [-0.15, -0.1) is 0 Å². The minimum atomic E-state index is -4.78. The highest BCUT2D eigenvalue weighted by Crippen LogP contribution is 2.43. The van der Waals surface area contributed by atoms with Crippen LogP contribution < -0.4 is 51.9 Å². The molecule has 8 aliphatic heterocycles. The van der Waals surface area contributed by atoms with Crippen molar-refractivity contribution in [3.63, 3.8) is 0 Å². The van der Waals surface area contributed by atoms with Gasteiger partial charge in [-0.1, -0.05) is 89.2 Å². The number of nitrogens with zero attached hydrogens (tertiary/aromatic N) is 8. The van der Waals surface area contributed by atoms with E-state index in [0.717, 1.165) is 132 Å². The number of ether oxygens (including phenoxy) is 2. The smallest absolute Gasteiger partial charge is 0.395 e. The highest BCUT2D eigenvalue weighted by molar-refractivity contribution is 6.11. The second-order valence-electron chi connectivity index (χ2n) is 32.9. The lowest BCUT2D eigenvalue weighted by atomic mass is 9.95. The van der Waals surface area contributed by atoms with Crippen LogP contribution in [0.3, 0.4) is 0 Å². The SMILES string of the molecule is C=C1C=C(C(F)(F)F)C(C(=O)Nc2cc(-c3cc(CN4CCOCC4)ccc3F)ccc2N2CCN(C)C(CO)C2)=CN1.C=C1C=C(C(F)(F)F)C(C(=O)Nc2cc(-c3cc(CN4CCOCC4)ccc3F)ccc2N2CCN(CC)CC2)=CN1.C=C1C=C(C(F)(F)F)C(C(=O)Nc2cc(-c3cc(CNC4CCCCC4)ccc3F)ccc2N2CCN(CC)CC2)=CN1. The van der Waals surface area contributed by atoms with Gasteiger partial charge in [-0.25, -0.2) is 13.2 Å². The van der Waals surface area contributed by atoms with Gasteiger partial charge in [-0.05, 0) is 157 Å². The summed E-state index contributed by atoms with van der Waals surface area (Å²) in [5, 5.41) is 29.4. The average Bonchev–Trinajstić information content (AvgIpc) is 0.792. The molecule has 5 saturated heterocycles. The number of carbonyl (C=O) groups excluding carboxylic acids is 3. The molecule has 8 N–H and O–H groups in total. The number of likely N-dealkylation sites (N-methyl/N-ethyl adjacent to an activating group) is 3. The number of amides is 3. The number of rotatable bonds is 22. The number of halogens is 12. The van der Waals surface area contributed by atoms with Gasteiger partial charge in [0.05, 0.1) is 107 Å². The number of aliphatic hydroxyl groups is 1. The van der Waals surface area contributed by atoms with Crippen LogP contribution in [0.25, 0.3) is 33.4 Å². The van der Waals surface area contributed by atoms with Crippen molar-refractivity contribution >= 4 is 51.8 Å². The van der Waals surface area contributed by atoms with E-state index in [2.05, 4.69) is 100 Å². The Labute approximate surface area is 737 Å². The first-order valence-electron chi connectivity index (χ1n) is 43.2. The molecule has 1 saturated carbocycles. The molecule has 33 heteroatoms. The van der Waals surface area contributed by atoms with Crippen LogP contribution in [0.15, 0.2) is 216 Å². The van der Waals surface area contributed by atoms with Crippen molar-refractivity contribution in [2.75, 3.05) is 182 Å². The molecule has 0 aromatic heterocycles. The summed E-state index contributed by atoms with van der Waals surface area (Å²) in [6, 6.07) is 30.7. The lowest BCUT2D eigenvalue weighted by molar-refractivity contribution is -0.115. The van der Waals surface area contributed by atoms with Crippen LogP contribution in [-0.4, -0.2) is 229 Å². The van der Waals surface area contributed by atoms with Gasteiger partial charge in [-0.2, -0.15) is 39.5 Å². The van der Waals surface area contributed by atoms with Gasteiger partial charge < -0.3 is 76.3 Å². The largest absolute Gasteiger partial charge is 0.417 e. The number of nitrogens with one attached hydrogen (secondary N) is 7. The van der Waals surface area contributed by atoms with Crippen molar-refractivity contribution in [2.24, 2.45) is 0 Å². The Bertz CT molecular complexity index is 5240. The zero-order valence-electron chi connectivity index (χ0n) is 71.9. The Balaban J connectivity index is 0.000000164. The number of aliphatic hydroxyl groups excluding tert-OH is 1. The Morgan fingerprint density at radius 3 is 1.13 bits per heavy atom. The number of benzene rings is 6. The van der Waals surface area contributed by atoms with Gasteiger partial charge >= 0.3 is 18.5 Å². The maximum atomic E-state index is 15.2. The van der Waals surface area contributed by atoms with E-state index in [4.69, 9.17) is 9.47 Å². The summed E-state index contributed by atoms with van der Waals surface area (Å²) in [5.74, 6) is -4.12. The van der Waals surface area contributed by atoms with Crippen LogP contribution in [-0.2, 0) is 43.5 Å². The Morgan fingerprint density at radius 2 is 0.781 bits per heavy atom. The minimum Gasteiger partial charge on any atom is -0.395 e. The molecule has 1 aliphatic carbocycles. The van der Waals surface area contributed by atoms with Crippen LogP contribution in [0.1, 0.15) is 62.6 Å². The zero-order chi connectivity index (χ0) is 91.1. The predicted octanol–water partition coefficient (Wildman–Crippen LogP) is 15.2. The van der Waals surface area contributed by atoms with Crippen molar-refractivity contribution in [3.05, 3.63) is 250 Å². The van der Waals surface area contributed by atoms with Crippen LogP contribution in [0.2, 0.25) is 0 Å². The Hall–Kier alpha value is -11.0. The fourth-order valence-corrected chi connectivity index (χ4v) is 16.9. The second-order valence-corrected chi connectivity index (χ2v) is 32.9. The van der Waals surface area contributed by atoms with Gasteiger partial charge in [0.25, 0.3) is 17.7 Å². The molecule has 9 aliphatic rings. The standard InChI is InChI=1S/C33H39F4N5O.C31H35F4N5O3.C31H35F4N5O2/c1-3-41-13-15-42(16-14-41)31-12-10-24(26-18-23(9-11-29(26)34)20-39-25-7-5-4-6-8-25)19-30(31)40-32(43)27-21-38-22(2)17-28(27)33(35,36)37;1-20-13-26(31(33,34)35)25(16-36-20)30(42)37-28-15-22(4-6-29(28)40-8-7-38(2)23(18-40)19-41)24-14-21(3-5-27(24)32)17-39-9-11-43-12-10-39;1-3-38-8-10-40(11-9-38)29-7-5-23(24-17-22(4-6-27(24)32)20-39-12-14-42-15-13-39)18-28(29)37-30(41)25-19-36-21(2)16-26(25)31(33,34)35/h9-12,17-19,21,25,38-39H,2-8,13-16,20H2,1H3,(H,40,43);3-6,13-16,23,36,41H,1,7-12,17-19H2,2H3,(H,37,42);4-7,16-19,36H,2-3,8-15,20H2,1H3,(H,37,41). The molecular weight excluding hydrogens is 1680 g/mol. The Morgan fingerprint density at radius 1 is 0.438 bits per heavy atom. The molecule has 15 rings (SSSR count). The van der Waals surface area contributed by atoms with Gasteiger partial charge in [-0.3, -0.25) is 29.1 Å². The zero-order valence-corrected chi connectivity index (χ0v) is 71.9. The molecule has 6 aromatic rings. The molecule has 8 heterocycles. The summed E-state index contributed by atoms with van der Waals surface area (Å²) in [6.07, 6.45) is -2.89. The molecule has 6 fully saturated rings. The number of morpholine rings is 2. The van der Waals surface area contributed by atoms with E-state index >= 15 is 13.2 Å². The van der Waals surface area contributed by atoms with Gasteiger partial charge in [0.1, 0.15) is 17.5 Å². The summed E-state index contributed by atoms with van der Waals surface area (Å²) in [7, 11) is 1.90. The normalized spacial score (nSPS) is 19.3. The summed E-state index contributed by atoms with van der Waals surface area (Å²) in [4.78, 5) is 57.3. The second kappa shape index (κ2) is 42.5. The number of allylic oxidation sites excluding steroid dienone is 3. The molecule has 1 atom stereocenters. The van der Waals surface area contributed by atoms with Crippen LogP contribution >= 0.6 is 0 Å². The first kappa shape index (κ1) is 94.6. The maximum Gasteiger partial charge on any atom is 0.417 e. The maximum absolute atomic E-state index is 15.2. The molecule has 684 valence electrons. The van der Waals surface area contributed by atoms with E-state index in [0.29, 0.717) is 160 Å². The molecule has 3 amide bonds. The average molecular weight is 1780 g/mol. The number of alkyl halides is 9. The van der Waals surface area contributed by atoms with E-state index in [-0.39, 0.29) is 35.4 Å². The lowest BCUT2D eigenvalue weighted by Crippen LogP contribution is -2.53. The van der Waals surface area contributed by atoms with Crippen LogP contribution in [0.5, 0.6) is 0 Å². The highest BCUT2D eigenvalue weighted by atomic mass is 19.4. The lowest BCUT2D eigenvalue weighted by Gasteiger charge is -2.40. The fraction of sp³-hybridized carbons (Fsp3) is 0.400. The first-order chi connectivity index (χ1) is 61.3. The van der Waals surface area contributed by atoms with Crippen LogP contribution in [0.4, 0.5) is 86.8 Å². The first-order valence-corrected chi connectivity index (χ1v) is 43.2. The number of carbonyl (C=O) groups is 3. The van der Waals surface area contributed by atoms with Crippen LogP contribution in [0, 0.1) is 17.5 Å². The van der Waals surface area contributed by atoms with E-state index in [1.54, 1.807) is 84.9 Å². The van der Waals surface area contributed by atoms with E-state index < -0.39 is 87.1 Å². The molecule has 128 heavy (non-hydrogen) atoms. The van der Waals surface area contributed by atoms with Crippen molar-refractivity contribution < 1.29 is 81.6 Å². The summed E-state index contributed by atoms with van der Waals surface area (Å²) in [5.41, 5.74) is 3.15. The third-order valence-electron chi connectivity index (χ3n) is 24.3. The fourth-order valence-electron chi connectivity index (χ4n) is 16.9. The molecule has 0 radical (unpaired) electrons. The summed E-state index contributed by atoms with van der Waals surface area (Å²) < 4.78 is 181. The van der Waals surface area contributed by atoms with E-state index in [1.807, 2.05) is 22.9 Å². The quantitative estimate of drug-likeness (QED) is 0.0298. The highest BCUT2D eigenvalue weighted by Gasteiger charge is 2.43. The van der Waals surface area contributed by atoms with Crippen molar-refractivity contribution in [2.45, 2.75) is 96.2 Å². The Kier molecular flexibility index (Phi) is 31.4. The third kappa shape index (κ3) is 24.3. The number of hydrogen-bond donors (Lipinski definition) is 8. The third-order valence-corrected chi connectivity index (χ3v) is 24.3. The van der Waals surface area contributed by atoms with Gasteiger partial charge in [0, 0.05) is 176 Å². The van der Waals surface area contributed by atoms with E-state index in [1.165, 1.54) is 37.5 Å². The number of dihydropyridines is 3. The summed E-state index contributed by atoms with van der Waals surface area (Å²) in [6.45, 7) is 31.6. The van der Waals surface area contributed by atoms with Crippen molar-refractivity contribution in [1.82, 2.24) is 45.8 Å². The molecule has 0 bridgehead atoms. The molecule has 21 nitrogen and oxygen atoms in total. The number of piperazine rings is 3. The van der Waals surface area contributed by atoms with Gasteiger partial charge in [0.2, 0.25) is 0 Å².